The van der Waals surface area contributed by atoms with E-state index >= 15 is 0 Å². The molecule has 0 atom stereocenters. The van der Waals surface area contributed by atoms with Crippen LogP contribution in [0.2, 0.25) is 10.0 Å². The minimum absolute atomic E-state index is 0.00856. The summed E-state index contributed by atoms with van der Waals surface area (Å²) in [6.07, 6.45) is 0.414. The summed E-state index contributed by atoms with van der Waals surface area (Å²) in [6, 6.07) is 4.94. The minimum atomic E-state index is 0.00856. The molecule has 0 aliphatic heterocycles. The second kappa shape index (κ2) is 5.85. The van der Waals surface area contributed by atoms with Crippen LogP contribution >= 0.6 is 23.2 Å². The van der Waals surface area contributed by atoms with Gasteiger partial charge in [0.15, 0.2) is 5.78 Å². The molecule has 0 fully saturated rings. The van der Waals surface area contributed by atoms with Gasteiger partial charge in [0, 0.05) is 29.1 Å². The second-order valence-electron chi connectivity index (χ2n) is 4.97. The van der Waals surface area contributed by atoms with Crippen molar-refractivity contribution in [3.8, 4) is 0 Å². The molecular formula is C13H17Cl2NO. The van der Waals surface area contributed by atoms with Crippen LogP contribution in [0.15, 0.2) is 18.2 Å². The summed E-state index contributed by atoms with van der Waals surface area (Å²) in [6.45, 7) is 6.81. The third-order valence-corrected chi connectivity index (χ3v) is 2.80. The summed E-state index contributed by atoms with van der Waals surface area (Å²) in [5.74, 6) is 0.00856. The van der Waals surface area contributed by atoms with Crippen molar-refractivity contribution in [1.29, 1.82) is 0 Å². The standard InChI is InChI=1S/C13H17Cl2NO/c1-13(2,3)16-7-6-12(17)10-8-9(14)4-5-11(10)15/h4-5,8,16H,6-7H2,1-3H3. The molecular weight excluding hydrogens is 257 g/mol. The number of nitrogens with one attached hydrogen (secondary N) is 1. The number of carbonyl (C=O) groups is 1. The van der Waals surface area contributed by atoms with Gasteiger partial charge in [-0.05, 0) is 39.0 Å². The molecule has 0 unspecified atom stereocenters. The first-order chi connectivity index (χ1) is 7.79. The Labute approximate surface area is 112 Å². The van der Waals surface area contributed by atoms with Crippen LogP contribution in [0, 0.1) is 0 Å². The molecule has 0 bridgehead atoms. The summed E-state index contributed by atoms with van der Waals surface area (Å²) >= 11 is 11.8. The van der Waals surface area contributed by atoms with Crippen molar-refractivity contribution in [2.45, 2.75) is 32.7 Å². The Morgan fingerprint density at radius 2 is 1.94 bits per heavy atom. The van der Waals surface area contributed by atoms with E-state index in [1.54, 1.807) is 18.2 Å². The number of hydrogen-bond donors (Lipinski definition) is 1. The van der Waals surface area contributed by atoms with E-state index in [1.165, 1.54) is 0 Å². The predicted molar refractivity (Wildman–Crippen MR) is 73.2 cm³/mol. The molecule has 0 saturated heterocycles. The van der Waals surface area contributed by atoms with Gasteiger partial charge in [0.2, 0.25) is 0 Å². The fraction of sp³-hybridized carbons (Fsp3) is 0.462. The van der Waals surface area contributed by atoms with Crippen LogP contribution in [-0.2, 0) is 0 Å². The average Bonchev–Trinajstić information content (AvgIpc) is 2.19. The molecule has 1 N–H and O–H groups in total. The van der Waals surface area contributed by atoms with Crippen LogP contribution in [0.25, 0.3) is 0 Å². The highest BCUT2D eigenvalue weighted by Crippen LogP contribution is 2.21. The van der Waals surface area contributed by atoms with Gasteiger partial charge < -0.3 is 5.32 Å². The molecule has 0 spiro atoms. The number of ketones is 1. The van der Waals surface area contributed by atoms with Gasteiger partial charge in [-0.3, -0.25) is 4.79 Å². The number of benzene rings is 1. The maximum Gasteiger partial charge on any atom is 0.165 e. The van der Waals surface area contributed by atoms with Gasteiger partial charge >= 0.3 is 0 Å². The molecule has 1 rings (SSSR count). The average molecular weight is 274 g/mol. The van der Waals surface area contributed by atoms with Crippen LogP contribution in [-0.4, -0.2) is 17.9 Å². The molecule has 0 saturated carbocycles. The number of hydrogen-bond acceptors (Lipinski definition) is 2. The Balaban J connectivity index is 2.61. The first-order valence-electron chi connectivity index (χ1n) is 5.53. The molecule has 94 valence electrons. The van der Waals surface area contributed by atoms with Crippen LogP contribution < -0.4 is 5.32 Å². The highest BCUT2D eigenvalue weighted by atomic mass is 35.5. The van der Waals surface area contributed by atoms with Crippen LogP contribution in [0.1, 0.15) is 37.6 Å². The van der Waals surface area contributed by atoms with Crippen molar-refractivity contribution in [3.63, 3.8) is 0 Å². The Bertz CT molecular complexity index is 410. The van der Waals surface area contributed by atoms with Gasteiger partial charge in [0.1, 0.15) is 0 Å². The Hall–Kier alpha value is -0.570. The summed E-state index contributed by atoms with van der Waals surface area (Å²) in [5.41, 5.74) is 0.508. The SMILES string of the molecule is CC(C)(C)NCCC(=O)c1cc(Cl)ccc1Cl. The summed E-state index contributed by atoms with van der Waals surface area (Å²) in [7, 11) is 0. The lowest BCUT2D eigenvalue weighted by atomic mass is 10.1. The second-order valence-corrected chi connectivity index (χ2v) is 5.82. The van der Waals surface area contributed by atoms with Gasteiger partial charge in [0.05, 0.1) is 5.02 Å². The quantitative estimate of drug-likeness (QED) is 0.842. The first kappa shape index (κ1) is 14.5. The topological polar surface area (TPSA) is 29.1 Å². The molecule has 1 aromatic carbocycles. The Morgan fingerprint density at radius 1 is 1.29 bits per heavy atom. The molecule has 0 aliphatic rings. The molecule has 17 heavy (non-hydrogen) atoms. The van der Waals surface area contributed by atoms with Crippen molar-refractivity contribution in [2.24, 2.45) is 0 Å². The lowest BCUT2D eigenvalue weighted by Crippen LogP contribution is -2.37. The molecule has 4 heteroatoms. The number of rotatable bonds is 4. The van der Waals surface area contributed by atoms with Gasteiger partial charge in [-0.1, -0.05) is 23.2 Å². The zero-order valence-corrected chi connectivity index (χ0v) is 11.8. The lowest BCUT2D eigenvalue weighted by Gasteiger charge is -2.20. The van der Waals surface area contributed by atoms with Crippen molar-refractivity contribution in [2.75, 3.05) is 6.54 Å². The van der Waals surface area contributed by atoms with E-state index in [0.717, 1.165) is 0 Å². The zero-order valence-electron chi connectivity index (χ0n) is 10.3. The van der Waals surface area contributed by atoms with Crippen LogP contribution in [0.3, 0.4) is 0 Å². The molecule has 0 heterocycles. The summed E-state index contributed by atoms with van der Waals surface area (Å²) in [5, 5.41) is 4.24. The molecule has 0 amide bonds. The van der Waals surface area contributed by atoms with E-state index in [9.17, 15) is 4.79 Å². The lowest BCUT2D eigenvalue weighted by molar-refractivity contribution is 0.0981. The Kier molecular flexibility index (Phi) is 4.99. The number of carbonyl (C=O) groups excluding carboxylic acids is 1. The van der Waals surface area contributed by atoms with Gasteiger partial charge in [-0.2, -0.15) is 0 Å². The molecule has 0 aliphatic carbocycles. The minimum Gasteiger partial charge on any atom is -0.312 e. The molecule has 0 radical (unpaired) electrons. The summed E-state index contributed by atoms with van der Waals surface area (Å²) < 4.78 is 0. The van der Waals surface area contributed by atoms with E-state index in [-0.39, 0.29) is 11.3 Å². The van der Waals surface area contributed by atoms with E-state index in [0.29, 0.717) is 28.6 Å². The molecule has 1 aromatic rings. The van der Waals surface area contributed by atoms with Crippen molar-refractivity contribution in [3.05, 3.63) is 33.8 Å². The Morgan fingerprint density at radius 3 is 2.53 bits per heavy atom. The zero-order chi connectivity index (χ0) is 13.1. The monoisotopic (exact) mass is 273 g/mol. The van der Waals surface area contributed by atoms with Crippen molar-refractivity contribution < 1.29 is 4.79 Å². The van der Waals surface area contributed by atoms with E-state index < -0.39 is 0 Å². The van der Waals surface area contributed by atoms with Crippen LogP contribution in [0.4, 0.5) is 0 Å². The predicted octanol–water partition coefficient (Wildman–Crippen LogP) is 3.95. The maximum absolute atomic E-state index is 11.9. The van der Waals surface area contributed by atoms with E-state index in [4.69, 9.17) is 23.2 Å². The maximum atomic E-state index is 11.9. The van der Waals surface area contributed by atoms with Crippen molar-refractivity contribution >= 4 is 29.0 Å². The van der Waals surface area contributed by atoms with Crippen molar-refractivity contribution in [1.82, 2.24) is 5.32 Å². The van der Waals surface area contributed by atoms with Gasteiger partial charge in [0.25, 0.3) is 0 Å². The molecule has 0 aromatic heterocycles. The fourth-order valence-corrected chi connectivity index (χ4v) is 1.79. The van der Waals surface area contributed by atoms with Gasteiger partial charge in [-0.25, -0.2) is 0 Å². The third-order valence-electron chi connectivity index (χ3n) is 2.24. The van der Waals surface area contributed by atoms with Gasteiger partial charge in [-0.15, -0.1) is 0 Å². The fourth-order valence-electron chi connectivity index (χ4n) is 1.40. The first-order valence-corrected chi connectivity index (χ1v) is 6.28. The summed E-state index contributed by atoms with van der Waals surface area (Å²) in [4.78, 5) is 11.9. The largest absolute Gasteiger partial charge is 0.312 e. The highest BCUT2D eigenvalue weighted by molar-refractivity contribution is 6.35. The smallest absolute Gasteiger partial charge is 0.165 e. The number of halogens is 2. The number of Topliss-reactive ketones (excluding diaryl/α,β-unsaturated/α-hetero) is 1. The van der Waals surface area contributed by atoms with Crippen LogP contribution in [0.5, 0.6) is 0 Å². The normalized spacial score (nSPS) is 11.6. The molecule has 2 nitrogen and oxygen atoms in total. The van der Waals surface area contributed by atoms with E-state index in [2.05, 4.69) is 26.1 Å². The highest BCUT2D eigenvalue weighted by Gasteiger charge is 2.13. The van der Waals surface area contributed by atoms with E-state index in [1.807, 2.05) is 0 Å². The third kappa shape index (κ3) is 5.07.